The average Bonchev–Trinajstić information content (AvgIpc) is 3.25. The monoisotopic (exact) mass is 402 g/mol. The number of piperidine rings is 1. The van der Waals surface area contributed by atoms with Crippen molar-refractivity contribution < 1.29 is 19.1 Å². The van der Waals surface area contributed by atoms with Crippen molar-refractivity contribution in [2.75, 3.05) is 45.7 Å². The van der Waals surface area contributed by atoms with Gasteiger partial charge in [-0.3, -0.25) is 9.59 Å². The van der Waals surface area contributed by atoms with E-state index in [4.69, 9.17) is 4.74 Å². The summed E-state index contributed by atoms with van der Waals surface area (Å²) in [6.07, 6.45) is 3.26. The van der Waals surface area contributed by atoms with Gasteiger partial charge in [0.2, 0.25) is 5.91 Å². The average molecular weight is 402 g/mol. The van der Waals surface area contributed by atoms with Crippen LogP contribution in [0.4, 0.5) is 10.5 Å². The summed E-state index contributed by atoms with van der Waals surface area (Å²) in [6.45, 7) is 2.32. The van der Waals surface area contributed by atoms with Crippen LogP contribution in [0.15, 0.2) is 24.3 Å². The van der Waals surface area contributed by atoms with Crippen molar-refractivity contribution in [1.29, 1.82) is 0 Å². The Bertz CT molecular complexity index is 738. The number of amides is 4. The van der Waals surface area contributed by atoms with Gasteiger partial charge >= 0.3 is 6.03 Å². The Hall–Kier alpha value is -2.61. The molecule has 4 amide bonds. The molecule has 2 saturated heterocycles. The molecule has 0 radical (unpaired) electrons. The molecule has 2 aliphatic rings. The molecule has 8 nitrogen and oxygen atoms in total. The predicted octanol–water partition coefficient (Wildman–Crippen LogP) is 1.93. The van der Waals surface area contributed by atoms with Crippen molar-refractivity contribution >= 4 is 23.5 Å². The number of ether oxygens (including phenoxy) is 1. The van der Waals surface area contributed by atoms with Crippen LogP contribution in [0.5, 0.6) is 0 Å². The summed E-state index contributed by atoms with van der Waals surface area (Å²) >= 11 is 0. The van der Waals surface area contributed by atoms with E-state index in [1.165, 1.54) is 0 Å². The maximum atomic E-state index is 12.7. The van der Waals surface area contributed by atoms with E-state index in [1.54, 1.807) is 48.2 Å². The summed E-state index contributed by atoms with van der Waals surface area (Å²) < 4.78 is 5.54. The first-order valence-corrected chi connectivity index (χ1v) is 10.2. The summed E-state index contributed by atoms with van der Waals surface area (Å²) in [5, 5.41) is 5.81. The second kappa shape index (κ2) is 9.73. The summed E-state index contributed by atoms with van der Waals surface area (Å²) in [4.78, 5) is 40.7. The lowest BCUT2D eigenvalue weighted by Crippen LogP contribution is -2.45. The highest BCUT2D eigenvalue weighted by Gasteiger charge is 2.28. The highest BCUT2D eigenvalue weighted by molar-refractivity contribution is 6.04. The fourth-order valence-corrected chi connectivity index (χ4v) is 3.75. The highest BCUT2D eigenvalue weighted by Crippen LogP contribution is 2.22. The Labute approximate surface area is 171 Å². The van der Waals surface area contributed by atoms with Crippen LogP contribution in [-0.4, -0.2) is 74.1 Å². The van der Waals surface area contributed by atoms with Gasteiger partial charge in [0.25, 0.3) is 5.91 Å². The van der Waals surface area contributed by atoms with Crippen LogP contribution in [0.2, 0.25) is 0 Å². The molecule has 1 atom stereocenters. The molecule has 158 valence electrons. The number of para-hydroxylation sites is 1. The topological polar surface area (TPSA) is 91.0 Å². The molecule has 1 aromatic rings. The molecule has 3 rings (SSSR count). The normalized spacial score (nSPS) is 19.7. The molecule has 0 saturated carbocycles. The molecule has 0 bridgehead atoms. The lowest BCUT2D eigenvalue weighted by molar-refractivity contribution is -0.121. The fourth-order valence-electron chi connectivity index (χ4n) is 3.75. The van der Waals surface area contributed by atoms with E-state index in [0.29, 0.717) is 43.7 Å². The molecule has 1 aromatic carbocycles. The van der Waals surface area contributed by atoms with E-state index in [1.807, 2.05) is 0 Å². The minimum Gasteiger partial charge on any atom is -0.376 e. The zero-order valence-corrected chi connectivity index (χ0v) is 17.1. The number of rotatable bonds is 5. The Morgan fingerprint density at radius 2 is 1.86 bits per heavy atom. The molecule has 0 aromatic heterocycles. The van der Waals surface area contributed by atoms with Gasteiger partial charge in [-0.15, -0.1) is 0 Å². The highest BCUT2D eigenvalue weighted by atomic mass is 16.5. The van der Waals surface area contributed by atoms with Gasteiger partial charge in [-0.1, -0.05) is 12.1 Å². The number of hydrogen-bond donors (Lipinski definition) is 2. The second-order valence-corrected chi connectivity index (χ2v) is 7.82. The molecule has 2 aliphatic heterocycles. The molecule has 2 heterocycles. The second-order valence-electron chi connectivity index (χ2n) is 7.82. The minimum absolute atomic E-state index is 0.0304. The van der Waals surface area contributed by atoms with Gasteiger partial charge in [-0.25, -0.2) is 4.79 Å². The summed E-state index contributed by atoms with van der Waals surface area (Å²) in [6, 6.07) is 6.99. The number of anilines is 1. The maximum Gasteiger partial charge on any atom is 0.319 e. The van der Waals surface area contributed by atoms with Gasteiger partial charge in [0.15, 0.2) is 0 Å². The standard InChI is InChI=1S/C21H30N4O4/c1-24(2)21(28)25-11-9-15(10-12-25)19(26)23-18-8-4-3-7-17(18)20(27)22-14-16-6-5-13-29-16/h3-4,7-8,15-16H,5-6,9-14H2,1-2H3,(H,22,27)(H,23,26)/t16-/m0/s1. The molecule has 0 aliphatic carbocycles. The molecular formula is C21H30N4O4. The Morgan fingerprint density at radius 1 is 1.14 bits per heavy atom. The third-order valence-corrected chi connectivity index (χ3v) is 5.46. The van der Waals surface area contributed by atoms with Crippen LogP contribution < -0.4 is 10.6 Å². The first-order chi connectivity index (χ1) is 14.0. The van der Waals surface area contributed by atoms with Crippen molar-refractivity contribution in [3.05, 3.63) is 29.8 Å². The van der Waals surface area contributed by atoms with Gasteiger partial charge < -0.3 is 25.2 Å². The Kier molecular flexibility index (Phi) is 7.09. The smallest absolute Gasteiger partial charge is 0.319 e. The summed E-state index contributed by atoms with van der Waals surface area (Å²) in [5.74, 6) is -0.506. The van der Waals surface area contributed by atoms with Gasteiger partial charge in [0.1, 0.15) is 0 Å². The summed E-state index contributed by atoms with van der Waals surface area (Å²) in [5.41, 5.74) is 0.952. The molecule has 8 heteroatoms. The van der Waals surface area contributed by atoms with Crippen molar-refractivity contribution in [1.82, 2.24) is 15.1 Å². The first kappa shape index (κ1) is 21.1. The number of benzene rings is 1. The van der Waals surface area contributed by atoms with E-state index in [0.717, 1.165) is 19.4 Å². The Morgan fingerprint density at radius 3 is 2.52 bits per heavy atom. The van der Waals surface area contributed by atoms with E-state index >= 15 is 0 Å². The SMILES string of the molecule is CN(C)C(=O)N1CCC(C(=O)Nc2ccccc2C(=O)NC[C@@H]2CCCO2)CC1. The van der Waals surface area contributed by atoms with Crippen LogP contribution in [0.25, 0.3) is 0 Å². The van der Waals surface area contributed by atoms with Crippen LogP contribution in [0, 0.1) is 5.92 Å². The molecule has 2 fully saturated rings. The number of nitrogens with one attached hydrogen (secondary N) is 2. The van der Waals surface area contributed by atoms with Crippen LogP contribution >= 0.6 is 0 Å². The van der Waals surface area contributed by atoms with Crippen molar-refractivity contribution in [3.8, 4) is 0 Å². The van der Waals surface area contributed by atoms with Crippen molar-refractivity contribution in [3.63, 3.8) is 0 Å². The maximum absolute atomic E-state index is 12.7. The van der Waals surface area contributed by atoms with Crippen LogP contribution in [0.1, 0.15) is 36.0 Å². The van der Waals surface area contributed by atoms with Crippen molar-refractivity contribution in [2.24, 2.45) is 5.92 Å². The number of nitrogens with zero attached hydrogens (tertiary/aromatic N) is 2. The van der Waals surface area contributed by atoms with E-state index in [2.05, 4.69) is 10.6 Å². The number of carbonyl (C=O) groups excluding carboxylic acids is 3. The zero-order chi connectivity index (χ0) is 20.8. The summed E-state index contributed by atoms with van der Waals surface area (Å²) in [7, 11) is 3.45. The molecule has 0 unspecified atom stereocenters. The molecule has 0 spiro atoms. The lowest BCUT2D eigenvalue weighted by Gasteiger charge is -2.33. The first-order valence-electron chi connectivity index (χ1n) is 10.2. The quantitative estimate of drug-likeness (QED) is 0.787. The third kappa shape index (κ3) is 5.47. The molecule has 2 N–H and O–H groups in total. The zero-order valence-electron chi connectivity index (χ0n) is 17.1. The third-order valence-electron chi connectivity index (χ3n) is 5.46. The van der Waals surface area contributed by atoms with E-state index < -0.39 is 0 Å². The number of carbonyl (C=O) groups is 3. The van der Waals surface area contributed by atoms with E-state index in [9.17, 15) is 14.4 Å². The number of urea groups is 1. The number of hydrogen-bond acceptors (Lipinski definition) is 4. The van der Waals surface area contributed by atoms with Crippen LogP contribution in [0.3, 0.4) is 0 Å². The number of likely N-dealkylation sites (tertiary alicyclic amines) is 1. The van der Waals surface area contributed by atoms with Gasteiger partial charge in [0.05, 0.1) is 17.4 Å². The lowest BCUT2D eigenvalue weighted by atomic mass is 9.95. The van der Waals surface area contributed by atoms with Crippen LogP contribution in [-0.2, 0) is 9.53 Å². The van der Waals surface area contributed by atoms with Gasteiger partial charge in [0, 0.05) is 46.3 Å². The molecular weight excluding hydrogens is 372 g/mol. The van der Waals surface area contributed by atoms with Gasteiger partial charge in [-0.05, 0) is 37.8 Å². The Balaban J connectivity index is 1.55. The fraction of sp³-hybridized carbons (Fsp3) is 0.571. The van der Waals surface area contributed by atoms with Crippen molar-refractivity contribution in [2.45, 2.75) is 31.8 Å². The largest absolute Gasteiger partial charge is 0.376 e. The predicted molar refractivity (Wildman–Crippen MR) is 110 cm³/mol. The minimum atomic E-state index is -0.220. The molecule has 29 heavy (non-hydrogen) atoms. The van der Waals surface area contributed by atoms with E-state index in [-0.39, 0.29) is 29.9 Å². The van der Waals surface area contributed by atoms with Gasteiger partial charge in [-0.2, -0.15) is 0 Å².